The third-order valence-electron chi connectivity index (χ3n) is 5.68. The summed E-state index contributed by atoms with van der Waals surface area (Å²) in [6.07, 6.45) is -0.116. The summed E-state index contributed by atoms with van der Waals surface area (Å²) in [7, 11) is 0. The maximum Gasteiger partial charge on any atom is 0.265 e. The average molecular weight is 406 g/mol. The fraction of sp³-hybridized carbons (Fsp3) is 0.474. The monoisotopic (exact) mass is 406 g/mol. The molecule has 1 aromatic rings. The van der Waals surface area contributed by atoms with Crippen molar-refractivity contribution >= 4 is 29.3 Å². The Kier molecular flexibility index (Phi) is 4.60. The molecule has 0 radical (unpaired) electrons. The molecule has 10 heteroatoms. The van der Waals surface area contributed by atoms with Crippen LogP contribution in [0.25, 0.3) is 0 Å². The Morgan fingerprint density at radius 2 is 1.59 bits per heavy atom. The van der Waals surface area contributed by atoms with Crippen LogP contribution in [0.15, 0.2) is 6.07 Å². The van der Waals surface area contributed by atoms with Crippen molar-refractivity contribution in [1.29, 1.82) is 0 Å². The highest BCUT2D eigenvalue weighted by Gasteiger charge is 2.49. The van der Waals surface area contributed by atoms with Gasteiger partial charge in [0.05, 0.1) is 16.8 Å². The van der Waals surface area contributed by atoms with Crippen molar-refractivity contribution in [2.24, 2.45) is 0 Å². The zero-order chi connectivity index (χ0) is 21.0. The molecule has 4 amide bonds. The van der Waals surface area contributed by atoms with Crippen molar-refractivity contribution in [2.45, 2.75) is 44.8 Å². The first-order chi connectivity index (χ1) is 13.7. The molecule has 3 heterocycles. The first-order valence-electron chi connectivity index (χ1n) is 9.45. The number of fused-ring (bicyclic) bond motifs is 1. The van der Waals surface area contributed by atoms with E-state index < -0.39 is 46.9 Å². The molecule has 0 aromatic heterocycles. The minimum atomic E-state index is -1.24. The van der Waals surface area contributed by atoms with Crippen LogP contribution in [0.2, 0.25) is 0 Å². The maximum absolute atomic E-state index is 14.9. The van der Waals surface area contributed by atoms with E-state index in [0.29, 0.717) is 24.1 Å². The van der Waals surface area contributed by atoms with Crippen molar-refractivity contribution < 1.29 is 28.0 Å². The molecule has 3 aliphatic rings. The smallest absolute Gasteiger partial charge is 0.265 e. The van der Waals surface area contributed by atoms with E-state index in [4.69, 9.17) is 0 Å². The number of benzene rings is 1. The Hall–Kier alpha value is -2.88. The van der Waals surface area contributed by atoms with Crippen LogP contribution in [0, 0.1) is 11.6 Å². The average Bonchev–Trinajstić information content (AvgIpc) is 2.89. The molecule has 29 heavy (non-hydrogen) atoms. The summed E-state index contributed by atoms with van der Waals surface area (Å²) in [5.74, 6) is -5.32. The van der Waals surface area contributed by atoms with Crippen LogP contribution < -0.4 is 15.5 Å². The topological polar surface area (TPSA) is 98.8 Å². The van der Waals surface area contributed by atoms with E-state index in [2.05, 4.69) is 10.6 Å². The number of amides is 4. The molecule has 2 saturated heterocycles. The largest absolute Gasteiger partial charge is 0.361 e. The van der Waals surface area contributed by atoms with Gasteiger partial charge in [-0.25, -0.2) is 8.78 Å². The standard InChI is InChI=1S/C19H20F2N4O4/c1-8-6-22-7-9(2)24(8)16-11(21)5-10(20)14-15(16)19(29)25(18(14)28)12-3-4-13(26)23-17(12)27/h5,8-9,12,22H,3-4,6-7H2,1-2H3,(H,23,26,27). The zero-order valence-electron chi connectivity index (χ0n) is 15.9. The lowest BCUT2D eigenvalue weighted by molar-refractivity contribution is -0.136. The second-order valence-electron chi connectivity index (χ2n) is 7.65. The zero-order valence-corrected chi connectivity index (χ0v) is 15.9. The van der Waals surface area contributed by atoms with E-state index in [1.54, 1.807) is 4.90 Å². The number of halogens is 2. The lowest BCUT2D eigenvalue weighted by atomic mass is 10.0. The lowest BCUT2D eigenvalue weighted by Crippen LogP contribution is -2.56. The molecule has 3 aliphatic heterocycles. The Morgan fingerprint density at radius 3 is 2.21 bits per heavy atom. The molecule has 0 bridgehead atoms. The van der Waals surface area contributed by atoms with Gasteiger partial charge in [-0.1, -0.05) is 0 Å². The summed E-state index contributed by atoms with van der Waals surface area (Å²) >= 11 is 0. The molecule has 8 nitrogen and oxygen atoms in total. The molecule has 0 spiro atoms. The van der Waals surface area contributed by atoms with Crippen LogP contribution in [0.3, 0.4) is 0 Å². The molecular weight excluding hydrogens is 386 g/mol. The number of rotatable bonds is 2. The van der Waals surface area contributed by atoms with Crippen molar-refractivity contribution in [3.8, 4) is 0 Å². The van der Waals surface area contributed by atoms with Crippen molar-refractivity contribution in [3.05, 3.63) is 28.8 Å². The number of hydrogen-bond donors (Lipinski definition) is 2. The van der Waals surface area contributed by atoms with Crippen LogP contribution >= 0.6 is 0 Å². The minimum absolute atomic E-state index is 0.0562. The van der Waals surface area contributed by atoms with Crippen LogP contribution in [0.4, 0.5) is 14.5 Å². The summed E-state index contributed by atoms with van der Waals surface area (Å²) in [4.78, 5) is 52.0. The number of hydrogen-bond acceptors (Lipinski definition) is 6. The van der Waals surface area contributed by atoms with E-state index in [1.807, 2.05) is 13.8 Å². The predicted octanol–water partition coefficient (Wildman–Crippen LogP) is 0.553. The third-order valence-corrected chi connectivity index (χ3v) is 5.68. The van der Waals surface area contributed by atoms with Crippen LogP contribution in [0.1, 0.15) is 47.4 Å². The number of nitrogens with zero attached hydrogens (tertiary/aromatic N) is 2. The molecule has 2 N–H and O–H groups in total. The van der Waals surface area contributed by atoms with E-state index in [1.165, 1.54) is 0 Å². The molecule has 4 rings (SSSR count). The Bertz CT molecular complexity index is 941. The van der Waals surface area contributed by atoms with Gasteiger partial charge in [0.1, 0.15) is 17.7 Å². The van der Waals surface area contributed by atoms with E-state index >= 15 is 0 Å². The third kappa shape index (κ3) is 2.89. The van der Waals surface area contributed by atoms with Gasteiger partial charge in [0.25, 0.3) is 11.8 Å². The SMILES string of the molecule is CC1CNCC(C)N1c1c(F)cc(F)c2c1C(=O)N(C1CCC(=O)NC1=O)C2=O. The van der Waals surface area contributed by atoms with Crippen LogP contribution in [0.5, 0.6) is 0 Å². The van der Waals surface area contributed by atoms with Crippen molar-refractivity contribution in [3.63, 3.8) is 0 Å². The highest BCUT2D eigenvalue weighted by molar-refractivity contribution is 6.25. The molecule has 3 unspecified atom stereocenters. The second-order valence-corrected chi connectivity index (χ2v) is 7.65. The maximum atomic E-state index is 14.9. The Morgan fingerprint density at radius 1 is 0.966 bits per heavy atom. The van der Waals surface area contributed by atoms with Crippen LogP contribution in [-0.4, -0.2) is 59.7 Å². The number of piperidine rings is 1. The number of nitrogens with one attached hydrogen (secondary N) is 2. The van der Waals surface area contributed by atoms with Gasteiger partial charge in [0.15, 0.2) is 0 Å². The van der Waals surface area contributed by atoms with Crippen LogP contribution in [-0.2, 0) is 9.59 Å². The predicted molar refractivity (Wildman–Crippen MR) is 97.3 cm³/mol. The second kappa shape index (κ2) is 6.87. The summed E-state index contributed by atoms with van der Waals surface area (Å²) in [6.45, 7) is 4.71. The number of carbonyl (C=O) groups is 4. The first kappa shape index (κ1) is 19.4. The van der Waals surface area contributed by atoms with Gasteiger partial charge in [-0.2, -0.15) is 0 Å². The quantitative estimate of drug-likeness (QED) is 0.697. The molecule has 154 valence electrons. The van der Waals surface area contributed by atoms with Crippen molar-refractivity contribution in [1.82, 2.24) is 15.5 Å². The van der Waals surface area contributed by atoms with Crippen molar-refractivity contribution in [2.75, 3.05) is 18.0 Å². The summed E-state index contributed by atoms with van der Waals surface area (Å²) in [6, 6.07) is -1.06. The van der Waals surface area contributed by atoms with Gasteiger partial charge < -0.3 is 10.2 Å². The molecule has 2 fully saturated rings. The lowest BCUT2D eigenvalue weighted by Gasteiger charge is -2.42. The molecule has 0 saturated carbocycles. The fourth-order valence-electron chi connectivity index (χ4n) is 4.40. The number of carbonyl (C=O) groups excluding carboxylic acids is 4. The molecule has 0 aliphatic carbocycles. The normalized spacial score (nSPS) is 27.4. The molecular formula is C19H20F2N4O4. The number of imide groups is 2. The summed E-state index contributed by atoms with van der Waals surface area (Å²) in [5, 5.41) is 5.27. The van der Waals surface area contributed by atoms with Gasteiger partial charge in [0.2, 0.25) is 11.8 Å². The van der Waals surface area contributed by atoms with E-state index in [-0.39, 0.29) is 36.2 Å². The van der Waals surface area contributed by atoms with Gasteiger partial charge in [-0.15, -0.1) is 0 Å². The number of anilines is 1. The first-order valence-corrected chi connectivity index (χ1v) is 9.45. The Balaban J connectivity index is 1.83. The van der Waals surface area contributed by atoms with E-state index in [9.17, 15) is 28.0 Å². The van der Waals surface area contributed by atoms with Gasteiger partial charge in [-0.3, -0.25) is 29.4 Å². The number of piperazine rings is 1. The highest BCUT2D eigenvalue weighted by Crippen LogP contribution is 2.39. The minimum Gasteiger partial charge on any atom is -0.361 e. The van der Waals surface area contributed by atoms with Gasteiger partial charge >= 0.3 is 0 Å². The molecule has 3 atom stereocenters. The highest BCUT2D eigenvalue weighted by atomic mass is 19.1. The van der Waals surface area contributed by atoms with Gasteiger partial charge in [0, 0.05) is 37.7 Å². The summed E-state index contributed by atoms with van der Waals surface area (Å²) < 4.78 is 29.5. The van der Waals surface area contributed by atoms with Gasteiger partial charge in [-0.05, 0) is 20.3 Å². The summed E-state index contributed by atoms with van der Waals surface area (Å²) in [5.41, 5.74) is -1.03. The molecule has 1 aromatic carbocycles. The Labute approximate surface area is 165 Å². The fourth-order valence-corrected chi connectivity index (χ4v) is 4.40. The van der Waals surface area contributed by atoms with E-state index in [0.717, 1.165) is 0 Å².